The number of hydrogen-bond acceptors (Lipinski definition) is 1. The molecule has 9 heavy (non-hydrogen) atoms. The van der Waals surface area contributed by atoms with E-state index in [1.165, 1.54) is 11.3 Å². The summed E-state index contributed by atoms with van der Waals surface area (Å²) >= 11 is 0. The lowest BCUT2D eigenvalue weighted by Gasteiger charge is -2.15. The summed E-state index contributed by atoms with van der Waals surface area (Å²) in [7, 11) is 4.16. The molecule has 0 N–H and O–H groups in total. The maximum atomic E-state index is 2.18. The Morgan fingerprint density at radius 3 is 1.78 bits per heavy atom. The van der Waals surface area contributed by atoms with Crippen LogP contribution in [0.1, 0.15) is 27.2 Å². The molecular formula is C8H17N. The molecule has 0 aliphatic carbocycles. The number of hydrogen-bond donors (Lipinski definition) is 0. The first-order chi connectivity index (χ1) is 4.09. The lowest BCUT2D eigenvalue weighted by Crippen LogP contribution is -2.09. The molecule has 1 heteroatoms. The molecule has 0 aromatic rings. The van der Waals surface area contributed by atoms with Gasteiger partial charge in [0.25, 0.3) is 0 Å². The summed E-state index contributed by atoms with van der Waals surface area (Å²) in [6.45, 7) is 6.51. The van der Waals surface area contributed by atoms with Gasteiger partial charge >= 0.3 is 0 Å². The van der Waals surface area contributed by atoms with Crippen molar-refractivity contribution in [3.8, 4) is 0 Å². The highest BCUT2D eigenvalue weighted by atomic mass is 15.1. The van der Waals surface area contributed by atoms with Crippen molar-refractivity contribution in [3.05, 3.63) is 11.3 Å². The van der Waals surface area contributed by atoms with Gasteiger partial charge in [0.15, 0.2) is 0 Å². The summed E-state index contributed by atoms with van der Waals surface area (Å²) in [5.74, 6) is 0. The average molecular weight is 127 g/mol. The highest BCUT2D eigenvalue weighted by Gasteiger charge is 1.94. The predicted octanol–water partition coefficient (Wildman–Crippen LogP) is 2.25. The molecule has 0 aromatic heterocycles. The SMILES string of the molecule is CC/C(C)=C(\C)N(C)C. The zero-order chi connectivity index (χ0) is 7.44. The number of nitrogens with zero attached hydrogens (tertiary/aromatic N) is 1. The zero-order valence-corrected chi connectivity index (χ0v) is 7.15. The van der Waals surface area contributed by atoms with Crippen molar-refractivity contribution >= 4 is 0 Å². The van der Waals surface area contributed by atoms with Crippen molar-refractivity contribution in [2.45, 2.75) is 27.2 Å². The summed E-state index contributed by atoms with van der Waals surface area (Å²) in [4.78, 5) is 2.15. The van der Waals surface area contributed by atoms with Crippen LogP contribution < -0.4 is 0 Å². The van der Waals surface area contributed by atoms with Gasteiger partial charge in [0.05, 0.1) is 0 Å². The molecule has 0 saturated carbocycles. The number of rotatable bonds is 2. The van der Waals surface area contributed by atoms with Crippen LogP contribution in [0.5, 0.6) is 0 Å². The first-order valence-electron chi connectivity index (χ1n) is 3.43. The minimum absolute atomic E-state index is 1.16. The summed E-state index contributed by atoms with van der Waals surface area (Å²) in [6, 6.07) is 0. The van der Waals surface area contributed by atoms with Gasteiger partial charge in [-0.3, -0.25) is 0 Å². The van der Waals surface area contributed by atoms with Crippen LogP contribution >= 0.6 is 0 Å². The Bertz CT molecular complexity index is 112. The Morgan fingerprint density at radius 1 is 1.22 bits per heavy atom. The molecule has 0 spiro atoms. The summed E-state index contributed by atoms with van der Waals surface area (Å²) in [5, 5.41) is 0. The molecule has 0 atom stereocenters. The van der Waals surface area contributed by atoms with Crippen molar-refractivity contribution in [1.82, 2.24) is 4.90 Å². The van der Waals surface area contributed by atoms with Gasteiger partial charge in [-0.15, -0.1) is 0 Å². The second kappa shape index (κ2) is 3.54. The fourth-order valence-corrected chi connectivity index (χ4v) is 0.638. The van der Waals surface area contributed by atoms with E-state index in [1.807, 2.05) is 0 Å². The lowest BCUT2D eigenvalue weighted by atomic mass is 10.2. The Hall–Kier alpha value is -0.460. The molecule has 54 valence electrons. The van der Waals surface area contributed by atoms with Crippen molar-refractivity contribution in [2.24, 2.45) is 0 Å². The fraction of sp³-hybridized carbons (Fsp3) is 0.750. The molecule has 0 aliphatic heterocycles. The third kappa shape index (κ3) is 2.54. The summed E-state index contributed by atoms with van der Waals surface area (Å²) in [6.07, 6.45) is 1.16. The van der Waals surface area contributed by atoms with Crippen molar-refractivity contribution < 1.29 is 0 Å². The third-order valence-electron chi connectivity index (χ3n) is 1.82. The molecule has 0 rings (SSSR count). The van der Waals surface area contributed by atoms with Crippen molar-refractivity contribution in [2.75, 3.05) is 14.1 Å². The molecule has 0 radical (unpaired) electrons. The molecule has 0 bridgehead atoms. The Morgan fingerprint density at radius 2 is 1.67 bits per heavy atom. The minimum atomic E-state index is 1.16. The molecule has 0 amide bonds. The largest absolute Gasteiger partial charge is 0.381 e. The van der Waals surface area contributed by atoms with E-state index in [2.05, 4.69) is 39.8 Å². The van der Waals surface area contributed by atoms with E-state index in [9.17, 15) is 0 Å². The fourth-order valence-electron chi connectivity index (χ4n) is 0.638. The van der Waals surface area contributed by atoms with E-state index in [-0.39, 0.29) is 0 Å². The van der Waals surface area contributed by atoms with Crippen LogP contribution in [-0.2, 0) is 0 Å². The van der Waals surface area contributed by atoms with Crippen LogP contribution in [0.2, 0.25) is 0 Å². The van der Waals surface area contributed by atoms with Gasteiger partial charge in [0.2, 0.25) is 0 Å². The van der Waals surface area contributed by atoms with Crippen LogP contribution in [0.15, 0.2) is 11.3 Å². The summed E-state index contributed by atoms with van der Waals surface area (Å²) in [5.41, 5.74) is 2.86. The molecule has 0 aromatic carbocycles. The zero-order valence-electron chi connectivity index (χ0n) is 7.15. The van der Waals surface area contributed by atoms with E-state index < -0.39 is 0 Å². The molecule has 0 saturated heterocycles. The van der Waals surface area contributed by atoms with Crippen LogP contribution in [0, 0.1) is 0 Å². The van der Waals surface area contributed by atoms with Crippen molar-refractivity contribution in [1.29, 1.82) is 0 Å². The first-order valence-corrected chi connectivity index (χ1v) is 3.43. The van der Waals surface area contributed by atoms with Crippen molar-refractivity contribution in [3.63, 3.8) is 0 Å². The second-order valence-corrected chi connectivity index (χ2v) is 2.61. The lowest BCUT2D eigenvalue weighted by molar-refractivity contribution is 0.504. The molecular weight excluding hydrogens is 110 g/mol. The Balaban J connectivity index is 4.10. The van der Waals surface area contributed by atoms with Crippen LogP contribution in [0.25, 0.3) is 0 Å². The standard InChI is InChI=1S/C8H17N/c1-6-7(2)8(3)9(4)5/h6H2,1-5H3/b8-7+. The van der Waals surface area contributed by atoms with Gasteiger partial charge in [-0.1, -0.05) is 12.5 Å². The van der Waals surface area contributed by atoms with E-state index in [0.29, 0.717) is 0 Å². The highest BCUT2D eigenvalue weighted by molar-refractivity contribution is 5.06. The minimum Gasteiger partial charge on any atom is -0.381 e. The normalized spacial score (nSPS) is 13.0. The molecule has 0 aliphatic rings. The van der Waals surface area contributed by atoms with Gasteiger partial charge in [-0.25, -0.2) is 0 Å². The van der Waals surface area contributed by atoms with Crippen LogP contribution in [-0.4, -0.2) is 19.0 Å². The first kappa shape index (κ1) is 8.54. The van der Waals surface area contributed by atoms with Gasteiger partial charge in [-0.2, -0.15) is 0 Å². The molecule has 0 heterocycles. The van der Waals surface area contributed by atoms with E-state index in [4.69, 9.17) is 0 Å². The van der Waals surface area contributed by atoms with Gasteiger partial charge in [-0.05, 0) is 20.3 Å². The Labute approximate surface area is 58.4 Å². The molecule has 0 fully saturated rings. The van der Waals surface area contributed by atoms with Gasteiger partial charge < -0.3 is 4.90 Å². The maximum Gasteiger partial charge on any atom is 0.00848 e. The van der Waals surface area contributed by atoms with Crippen LogP contribution in [0.4, 0.5) is 0 Å². The maximum absolute atomic E-state index is 2.18. The predicted molar refractivity (Wildman–Crippen MR) is 42.4 cm³/mol. The van der Waals surface area contributed by atoms with Gasteiger partial charge in [0, 0.05) is 19.8 Å². The smallest absolute Gasteiger partial charge is 0.00848 e. The molecule has 0 unspecified atom stereocenters. The monoisotopic (exact) mass is 127 g/mol. The van der Waals surface area contributed by atoms with E-state index in [0.717, 1.165) is 6.42 Å². The van der Waals surface area contributed by atoms with Crippen LogP contribution in [0.3, 0.4) is 0 Å². The highest BCUT2D eigenvalue weighted by Crippen LogP contribution is 2.07. The average Bonchev–Trinajstić information content (AvgIpc) is 1.84. The topological polar surface area (TPSA) is 3.24 Å². The number of allylic oxidation sites excluding steroid dienone is 2. The summed E-state index contributed by atoms with van der Waals surface area (Å²) < 4.78 is 0. The quantitative estimate of drug-likeness (QED) is 0.550. The van der Waals surface area contributed by atoms with E-state index in [1.54, 1.807) is 0 Å². The molecule has 1 nitrogen and oxygen atoms in total. The second-order valence-electron chi connectivity index (χ2n) is 2.61. The Kier molecular flexibility index (Phi) is 3.36. The third-order valence-corrected chi connectivity index (χ3v) is 1.82. The van der Waals surface area contributed by atoms with Gasteiger partial charge in [0.1, 0.15) is 0 Å². The van der Waals surface area contributed by atoms with E-state index >= 15 is 0 Å².